The first-order valence-corrected chi connectivity index (χ1v) is 7.28. The summed E-state index contributed by atoms with van der Waals surface area (Å²) in [7, 11) is 0. The van der Waals surface area contributed by atoms with Crippen LogP contribution in [0.4, 0.5) is 0 Å². The van der Waals surface area contributed by atoms with Gasteiger partial charge in [-0.05, 0) is 17.9 Å². The molecule has 0 atom stereocenters. The van der Waals surface area contributed by atoms with Gasteiger partial charge in [0.05, 0.1) is 11.9 Å². The van der Waals surface area contributed by atoms with E-state index in [2.05, 4.69) is 34.1 Å². The summed E-state index contributed by atoms with van der Waals surface area (Å²) >= 11 is 0. The molecule has 112 valence electrons. The zero-order valence-electron chi connectivity index (χ0n) is 12.6. The normalized spacial score (nSPS) is 11.9. The Labute approximate surface area is 125 Å². The largest absolute Gasteiger partial charge is 0.370 e. The molecule has 1 aromatic heterocycles. The van der Waals surface area contributed by atoms with Gasteiger partial charge in [0.15, 0.2) is 5.96 Å². The maximum Gasteiger partial charge on any atom is 0.189 e. The second-order valence-corrected chi connectivity index (χ2v) is 5.42. The van der Waals surface area contributed by atoms with Gasteiger partial charge < -0.3 is 16.0 Å². The van der Waals surface area contributed by atoms with Crippen molar-refractivity contribution in [2.75, 3.05) is 6.54 Å². The molecule has 0 fully saturated rings. The minimum atomic E-state index is 0.452. The van der Waals surface area contributed by atoms with Crippen LogP contribution < -0.4 is 11.1 Å². The molecule has 5 heteroatoms. The Kier molecular flexibility index (Phi) is 5.37. The van der Waals surface area contributed by atoms with Gasteiger partial charge in [0.1, 0.15) is 12.4 Å². The predicted octanol–water partition coefficient (Wildman–Crippen LogP) is 2.53. The second kappa shape index (κ2) is 7.47. The molecule has 0 radical (unpaired) electrons. The number of nitrogens with one attached hydrogen (secondary N) is 2. The Balaban J connectivity index is 1.88. The number of rotatable bonds is 6. The van der Waals surface area contributed by atoms with Gasteiger partial charge in [-0.1, -0.05) is 44.2 Å². The van der Waals surface area contributed by atoms with Crippen LogP contribution in [0.2, 0.25) is 0 Å². The lowest BCUT2D eigenvalue weighted by Gasteiger charge is -2.06. The van der Waals surface area contributed by atoms with Crippen LogP contribution >= 0.6 is 0 Å². The number of benzene rings is 1. The minimum Gasteiger partial charge on any atom is -0.370 e. The maximum absolute atomic E-state index is 5.82. The number of guanidine groups is 1. The van der Waals surface area contributed by atoms with Crippen molar-refractivity contribution in [2.45, 2.75) is 26.8 Å². The van der Waals surface area contributed by atoms with Crippen LogP contribution in [0.5, 0.6) is 0 Å². The molecule has 1 aromatic carbocycles. The van der Waals surface area contributed by atoms with Crippen molar-refractivity contribution in [1.29, 1.82) is 0 Å². The summed E-state index contributed by atoms with van der Waals surface area (Å²) in [5, 5.41) is 3.11. The summed E-state index contributed by atoms with van der Waals surface area (Å²) in [6.45, 7) is 5.67. The van der Waals surface area contributed by atoms with Crippen LogP contribution in [0.15, 0.2) is 41.5 Å². The molecular formula is C16H23N5. The molecule has 0 spiro atoms. The molecule has 4 N–H and O–H groups in total. The Bertz CT molecular complexity index is 571. The minimum absolute atomic E-state index is 0.452. The van der Waals surface area contributed by atoms with E-state index in [1.807, 2.05) is 36.5 Å². The average molecular weight is 285 g/mol. The van der Waals surface area contributed by atoms with Gasteiger partial charge in [0, 0.05) is 6.54 Å². The Hall–Kier alpha value is -2.30. The zero-order chi connectivity index (χ0) is 15.1. The summed E-state index contributed by atoms with van der Waals surface area (Å²) in [5.74, 6) is 1.93. The molecule has 2 aromatic rings. The van der Waals surface area contributed by atoms with Crippen LogP contribution in [0, 0.1) is 5.92 Å². The number of aromatic nitrogens is 2. The lowest BCUT2D eigenvalue weighted by Crippen LogP contribution is -2.32. The molecule has 0 saturated carbocycles. The lowest BCUT2D eigenvalue weighted by molar-refractivity contribution is 0.576. The summed E-state index contributed by atoms with van der Waals surface area (Å²) in [6.07, 6.45) is 2.90. The number of aromatic amines is 1. The highest BCUT2D eigenvalue weighted by molar-refractivity contribution is 5.77. The number of nitrogens with two attached hydrogens (primary N) is 1. The highest BCUT2D eigenvalue weighted by Crippen LogP contribution is 2.16. The first kappa shape index (κ1) is 15.1. The summed E-state index contributed by atoms with van der Waals surface area (Å²) in [4.78, 5) is 11.9. The molecule has 0 aliphatic carbocycles. The highest BCUT2D eigenvalue weighted by atomic mass is 15.1. The fraction of sp³-hybridized carbons (Fsp3) is 0.375. The smallest absolute Gasteiger partial charge is 0.189 e. The maximum atomic E-state index is 5.82. The SMILES string of the molecule is CC(C)CCNC(N)=NCc1ncc(-c2ccccc2)[nH]1. The van der Waals surface area contributed by atoms with E-state index in [0.717, 1.165) is 30.0 Å². The zero-order valence-corrected chi connectivity index (χ0v) is 12.6. The monoisotopic (exact) mass is 285 g/mol. The van der Waals surface area contributed by atoms with E-state index in [9.17, 15) is 0 Å². The Morgan fingerprint density at radius 1 is 1.33 bits per heavy atom. The van der Waals surface area contributed by atoms with Crippen LogP contribution in [-0.2, 0) is 6.54 Å². The van der Waals surface area contributed by atoms with Gasteiger partial charge in [-0.2, -0.15) is 0 Å². The lowest BCUT2D eigenvalue weighted by atomic mass is 10.1. The molecule has 0 amide bonds. The van der Waals surface area contributed by atoms with E-state index in [1.54, 1.807) is 0 Å². The van der Waals surface area contributed by atoms with Crippen LogP contribution in [0.3, 0.4) is 0 Å². The van der Waals surface area contributed by atoms with Gasteiger partial charge >= 0.3 is 0 Å². The standard InChI is InChI=1S/C16H23N5/c1-12(2)8-9-18-16(17)20-11-15-19-10-14(21-15)13-6-4-3-5-7-13/h3-7,10,12H,8-9,11H2,1-2H3,(H,19,21)(H3,17,18,20). The van der Waals surface area contributed by atoms with Crippen molar-refractivity contribution >= 4 is 5.96 Å². The Morgan fingerprint density at radius 2 is 2.10 bits per heavy atom. The summed E-state index contributed by atoms with van der Waals surface area (Å²) in [5.41, 5.74) is 7.93. The van der Waals surface area contributed by atoms with Gasteiger partial charge in [0.2, 0.25) is 0 Å². The molecule has 1 heterocycles. The van der Waals surface area contributed by atoms with Crippen molar-refractivity contribution in [3.63, 3.8) is 0 Å². The first-order chi connectivity index (χ1) is 10.1. The van der Waals surface area contributed by atoms with Crippen LogP contribution in [0.25, 0.3) is 11.3 Å². The van der Waals surface area contributed by atoms with Crippen molar-refractivity contribution in [3.8, 4) is 11.3 Å². The molecule has 0 aliphatic rings. The van der Waals surface area contributed by atoms with Gasteiger partial charge in [-0.15, -0.1) is 0 Å². The number of hydrogen-bond acceptors (Lipinski definition) is 2. The number of hydrogen-bond donors (Lipinski definition) is 3. The van der Waals surface area contributed by atoms with E-state index < -0.39 is 0 Å². The van der Waals surface area contributed by atoms with Gasteiger partial charge in [0.25, 0.3) is 0 Å². The number of H-pyrrole nitrogens is 1. The van der Waals surface area contributed by atoms with E-state index in [4.69, 9.17) is 5.73 Å². The molecular weight excluding hydrogens is 262 g/mol. The van der Waals surface area contributed by atoms with E-state index >= 15 is 0 Å². The third-order valence-electron chi connectivity index (χ3n) is 3.14. The average Bonchev–Trinajstić information content (AvgIpc) is 2.94. The molecule has 21 heavy (non-hydrogen) atoms. The molecule has 0 bridgehead atoms. The van der Waals surface area contributed by atoms with Crippen molar-refractivity contribution in [1.82, 2.24) is 15.3 Å². The number of aliphatic imine (C=N–C) groups is 1. The Morgan fingerprint density at radius 3 is 2.81 bits per heavy atom. The van der Waals surface area contributed by atoms with Crippen LogP contribution in [0.1, 0.15) is 26.1 Å². The second-order valence-electron chi connectivity index (χ2n) is 5.42. The summed E-state index contributed by atoms with van der Waals surface area (Å²) < 4.78 is 0. The molecule has 5 nitrogen and oxygen atoms in total. The van der Waals surface area contributed by atoms with Crippen molar-refractivity contribution in [3.05, 3.63) is 42.4 Å². The third-order valence-corrected chi connectivity index (χ3v) is 3.14. The fourth-order valence-corrected chi connectivity index (χ4v) is 1.91. The molecule has 0 unspecified atom stereocenters. The van der Waals surface area contributed by atoms with E-state index in [1.165, 1.54) is 0 Å². The summed E-state index contributed by atoms with van der Waals surface area (Å²) in [6, 6.07) is 10.1. The topological polar surface area (TPSA) is 79.1 Å². The number of nitrogens with zero attached hydrogens (tertiary/aromatic N) is 2. The van der Waals surface area contributed by atoms with Crippen molar-refractivity contribution in [2.24, 2.45) is 16.6 Å². The van der Waals surface area contributed by atoms with Crippen LogP contribution in [-0.4, -0.2) is 22.5 Å². The van der Waals surface area contributed by atoms with E-state index in [-0.39, 0.29) is 0 Å². The van der Waals surface area contributed by atoms with Gasteiger partial charge in [-0.25, -0.2) is 9.98 Å². The van der Waals surface area contributed by atoms with Gasteiger partial charge in [-0.3, -0.25) is 0 Å². The number of imidazole rings is 1. The molecule has 0 aliphatic heterocycles. The predicted molar refractivity (Wildman–Crippen MR) is 86.8 cm³/mol. The van der Waals surface area contributed by atoms with Crippen molar-refractivity contribution < 1.29 is 0 Å². The first-order valence-electron chi connectivity index (χ1n) is 7.28. The highest BCUT2D eigenvalue weighted by Gasteiger charge is 2.02. The molecule has 2 rings (SSSR count). The molecule has 0 saturated heterocycles. The fourth-order valence-electron chi connectivity index (χ4n) is 1.91. The third kappa shape index (κ3) is 4.95. The quantitative estimate of drug-likeness (QED) is 0.563. The van der Waals surface area contributed by atoms with E-state index in [0.29, 0.717) is 18.4 Å².